The Kier molecular flexibility index (Phi) is 3.61. The fraction of sp³-hybridized carbons (Fsp3) is 0.133. The number of nitrogens with zero attached hydrogens (tertiary/aromatic N) is 3. The van der Waals surface area contributed by atoms with Crippen molar-refractivity contribution < 1.29 is 13.2 Å². The van der Waals surface area contributed by atoms with E-state index in [1.165, 1.54) is 25.3 Å². The Morgan fingerprint density at radius 3 is 2.61 bits per heavy atom. The molecular weight excluding hydrogens is 316 g/mol. The molecule has 2 aromatic heterocycles. The summed E-state index contributed by atoms with van der Waals surface area (Å²) in [5.41, 5.74) is 1.33. The SMILES string of the molecule is CC(=O)c1ccc(S(=O)(=O)Nc2cccc3cnn(C)c23)cn1. The second-order valence-corrected chi connectivity index (χ2v) is 6.73. The highest BCUT2D eigenvalue weighted by Gasteiger charge is 2.17. The molecule has 0 saturated heterocycles. The highest BCUT2D eigenvalue weighted by molar-refractivity contribution is 7.92. The zero-order valence-electron chi connectivity index (χ0n) is 12.5. The van der Waals surface area contributed by atoms with Crippen molar-refractivity contribution >= 4 is 32.4 Å². The van der Waals surface area contributed by atoms with E-state index in [9.17, 15) is 13.2 Å². The van der Waals surface area contributed by atoms with Crippen LogP contribution < -0.4 is 4.72 Å². The number of aromatic nitrogens is 3. The number of ketones is 1. The maximum absolute atomic E-state index is 12.5. The van der Waals surface area contributed by atoms with Crippen molar-refractivity contribution in [3.05, 3.63) is 48.4 Å². The van der Waals surface area contributed by atoms with Gasteiger partial charge < -0.3 is 0 Å². The second-order valence-electron chi connectivity index (χ2n) is 5.05. The van der Waals surface area contributed by atoms with E-state index in [0.29, 0.717) is 11.2 Å². The number of aryl methyl sites for hydroxylation is 1. The molecular formula is C15H14N4O3S. The van der Waals surface area contributed by atoms with Crippen molar-refractivity contribution in [1.82, 2.24) is 14.8 Å². The molecule has 0 bridgehead atoms. The van der Waals surface area contributed by atoms with Crippen LogP contribution in [0.5, 0.6) is 0 Å². The monoisotopic (exact) mass is 330 g/mol. The molecule has 7 nitrogen and oxygen atoms in total. The smallest absolute Gasteiger partial charge is 0.263 e. The number of nitrogens with one attached hydrogen (secondary N) is 1. The Morgan fingerprint density at radius 1 is 1.17 bits per heavy atom. The molecule has 0 aliphatic carbocycles. The Balaban J connectivity index is 2.00. The minimum Gasteiger partial charge on any atom is -0.293 e. The van der Waals surface area contributed by atoms with Gasteiger partial charge in [-0.15, -0.1) is 0 Å². The molecule has 0 unspecified atom stereocenters. The number of Topliss-reactive ketones (excluding diaryl/α,β-unsaturated/α-hetero) is 1. The van der Waals surface area contributed by atoms with Crippen LogP contribution >= 0.6 is 0 Å². The number of hydrogen-bond acceptors (Lipinski definition) is 5. The largest absolute Gasteiger partial charge is 0.293 e. The van der Waals surface area contributed by atoms with Gasteiger partial charge >= 0.3 is 0 Å². The molecule has 2 heterocycles. The molecule has 23 heavy (non-hydrogen) atoms. The maximum Gasteiger partial charge on any atom is 0.263 e. The zero-order chi connectivity index (χ0) is 16.6. The molecule has 0 spiro atoms. The minimum atomic E-state index is -3.81. The summed E-state index contributed by atoms with van der Waals surface area (Å²) >= 11 is 0. The van der Waals surface area contributed by atoms with Gasteiger partial charge in [0.05, 0.1) is 17.4 Å². The topological polar surface area (TPSA) is 94.0 Å². The average Bonchev–Trinajstić information content (AvgIpc) is 2.90. The summed E-state index contributed by atoms with van der Waals surface area (Å²) in [6.45, 7) is 1.37. The molecule has 0 fully saturated rings. The van der Waals surface area contributed by atoms with Gasteiger partial charge in [0.25, 0.3) is 10.0 Å². The quantitative estimate of drug-likeness (QED) is 0.738. The van der Waals surface area contributed by atoms with E-state index < -0.39 is 10.0 Å². The molecule has 118 valence electrons. The van der Waals surface area contributed by atoms with Crippen LogP contribution in [0.2, 0.25) is 0 Å². The van der Waals surface area contributed by atoms with Crippen LogP contribution in [-0.2, 0) is 17.1 Å². The number of benzene rings is 1. The van der Waals surface area contributed by atoms with Crippen molar-refractivity contribution in [2.24, 2.45) is 7.05 Å². The molecule has 3 aromatic rings. The summed E-state index contributed by atoms with van der Waals surface area (Å²) in [6.07, 6.45) is 2.83. The predicted octanol–water partition coefficient (Wildman–Crippen LogP) is 1.97. The summed E-state index contributed by atoms with van der Waals surface area (Å²) in [4.78, 5) is 15.1. The summed E-state index contributed by atoms with van der Waals surface area (Å²) in [6, 6.07) is 8.01. The van der Waals surface area contributed by atoms with Crippen molar-refractivity contribution in [1.29, 1.82) is 0 Å². The standard InChI is InChI=1S/C15H14N4O3S/c1-10(20)13-7-6-12(9-16-13)23(21,22)18-14-5-3-4-11-8-17-19(2)15(11)14/h3-9,18H,1-2H3. The van der Waals surface area contributed by atoms with E-state index in [0.717, 1.165) is 5.39 Å². The fourth-order valence-electron chi connectivity index (χ4n) is 2.27. The number of pyridine rings is 1. The lowest BCUT2D eigenvalue weighted by Crippen LogP contribution is -2.14. The number of rotatable bonds is 4. The van der Waals surface area contributed by atoms with Gasteiger partial charge in [0, 0.05) is 25.6 Å². The van der Waals surface area contributed by atoms with Crippen LogP contribution in [0.3, 0.4) is 0 Å². The highest BCUT2D eigenvalue weighted by atomic mass is 32.2. The Labute approximate surface area is 133 Å². The number of carbonyl (C=O) groups is 1. The molecule has 0 amide bonds. The normalized spacial score (nSPS) is 11.6. The van der Waals surface area contributed by atoms with E-state index in [2.05, 4.69) is 14.8 Å². The first-order valence-electron chi connectivity index (χ1n) is 6.79. The van der Waals surface area contributed by atoms with Gasteiger partial charge in [0.1, 0.15) is 10.6 Å². The van der Waals surface area contributed by atoms with Crippen molar-refractivity contribution in [2.45, 2.75) is 11.8 Å². The van der Waals surface area contributed by atoms with Crippen molar-refractivity contribution in [3.8, 4) is 0 Å². The molecule has 0 atom stereocenters. The summed E-state index contributed by atoms with van der Waals surface area (Å²) in [5, 5.41) is 4.95. The molecule has 0 saturated carbocycles. The first kappa shape index (κ1) is 15.2. The Morgan fingerprint density at radius 2 is 1.96 bits per heavy atom. The van der Waals surface area contributed by atoms with Gasteiger partial charge in [-0.25, -0.2) is 8.42 Å². The van der Waals surface area contributed by atoms with E-state index >= 15 is 0 Å². The van der Waals surface area contributed by atoms with E-state index in [-0.39, 0.29) is 16.4 Å². The van der Waals surface area contributed by atoms with Gasteiger partial charge in [-0.3, -0.25) is 19.2 Å². The molecule has 1 N–H and O–H groups in total. The summed E-state index contributed by atoms with van der Waals surface area (Å²) in [7, 11) is -2.07. The van der Waals surface area contributed by atoms with E-state index in [1.54, 1.807) is 30.1 Å². The van der Waals surface area contributed by atoms with Crippen LogP contribution in [0.15, 0.2) is 47.6 Å². The summed E-state index contributed by atoms with van der Waals surface area (Å²) in [5.74, 6) is -0.221. The molecule has 1 aromatic carbocycles. The Bertz CT molecular complexity index is 991. The third kappa shape index (κ3) is 2.80. The number of para-hydroxylation sites is 1. The molecule has 0 aliphatic rings. The van der Waals surface area contributed by atoms with Gasteiger partial charge in [-0.1, -0.05) is 12.1 Å². The lowest BCUT2D eigenvalue weighted by atomic mass is 10.2. The number of carbonyl (C=O) groups excluding carboxylic acids is 1. The number of sulfonamides is 1. The third-order valence-corrected chi connectivity index (χ3v) is 4.76. The Hall–Kier alpha value is -2.74. The molecule has 3 rings (SSSR count). The third-order valence-electron chi connectivity index (χ3n) is 3.41. The van der Waals surface area contributed by atoms with Crippen LogP contribution in [-0.4, -0.2) is 29.0 Å². The summed E-state index contributed by atoms with van der Waals surface area (Å²) < 4.78 is 29.1. The molecule has 0 radical (unpaired) electrons. The van der Waals surface area contributed by atoms with Crippen LogP contribution in [0, 0.1) is 0 Å². The van der Waals surface area contributed by atoms with E-state index in [1.807, 2.05) is 6.07 Å². The van der Waals surface area contributed by atoms with Crippen molar-refractivity contribution in [3.63, 3.8) is 0 Å². The van der Waals surface area contributed by atoms with E-state index in [4.69, 9.17) is 0 Å². The lowest BCUT2D eigenvalue weighted by Gasteiger charge is -2.10. The van der Waals surface area contributed by atoms with Crippen molar-refractivity contribution in [2.75, 3.05) is 4.72 Å². The highest BCUT2D eigenvalue weighted by Crippen LogP contribution is 2.25. The van der Waals surface area contributed by atoms with Crippen LogP contribution in [0.25, 0.3) is 10.9 Å². The molecule has 0 aliphatic heterocycles. The minimum absolute atomic E-state index is 0.0123. The van der Waals surface area contributed by atoms with Crippen LogP contribution in [0.4, 0.5) is 5.69 Å². The number of fused-ring (bicyclic) bond motifs is 1. The number of anilines is 1. The second kappa shape index (κ2) is 5.47. The fourth-order valence-corrected chi connectivity index (χ4v) is 3.28. The lowest BCUT2D eigenvalue weighted by molar-refractivity contribution is 0.101. The first-order valence-corrected chi connectivity index (χ1v) is 8.27. The van der Waals surface area contributed by atoms with Gasteiger partial charge in [-0.2, -0.15) is 5.10 Å². The zero-order valence-corrected chi connectivity index (χ0v) is 13.3. The first-order chi connectivity index (χ1) is 10.9. The van der Waals surface area contributed by atoms with Gasteiger partial charge in [-0.05, 0) is 18.2 Å². The van der Waals surface area contributed by atoms with Crippen LogP contribution in [0.1, 0.15) is 17.4 Å². The van der Waals surface area contributed by atoms with Gasteiger partial charge in [0.2, 0.25) is 0 Å². The average molecular weight is 330 g/mol. The predicted molar refractivity (Wildman–Crippen MR) is 85.8 cm³/mol. The van der Waals surface area contributed by atoms with Gasteiger partial charge in [0.15, 0.2) is 5.78 Å². The number of hydrogen-bond donors (Lipinski definition) is 1. The maximum atomic E-state index is 12.5. The molecule has 8 heteroatoms.